The molecule has 2 rings (SSSR count). The van der Waals surface area contributed by atoms with Gasteiger partial charge in [0.1, 0.15) is 42.7 Å². The van der Waals surface area contributed by atoms with E-state index in [9.17, 15) is 43.9 Å². The van der Waals surface area contributed by atoms with E-state index < -0.39 is 96.3 Å². The number of aliphatic hydroxyl groups excluding tert-OH is 4. The number of hydrogen-bond acceptors (Lipinski definition) is 15. The monoisotopic (exact) mass is 577 g/mol. The minimum absolute atomic E-state index is 0. The minimum atomic E-state index is -5.22. The van der Waals surface area contributed by atoms with Crippen LogP contribution in [0.25, 0.3) is 0 Å². The smallest absolute Gasteiger partial charge is 0.862 e. The zero-order chi connectivity index (χ0) is 26.7. The normalized spacial score (nSPS) is 37.7. The third kappa shape index (κ3) is 10.1. The summed E-state index contributed by atoms with van der Waals surface area (Å²) in [4.78, 5) is 15.4. The molecule has 0 unspecified atom stereocenters. The number of aliphatic carboxylic acids is 1. The van der Waals surface area contributed by atoms with E-state index in [1.54, 1.807) is 6.92 Å². The summed E-state index contributed by atoms with van der Waals surface area (Å²) in [5.41, 5.74) is 0. The largest absolute Gasteiger partial charge is 1.00 e. The van der Waals surface area contributed by atoms with Crippen molar-refractivity contribution in [3.63, 3.8) is 0 Å². The second kappa shape index (κ2) is 16.1. The molecule has 0 aliphatic carbocycles. The van der Waals surface area contributed by atoms with E-state index in [2.05, 4.69) is 9.18 Å². The zero-order valence-corrected chi connectivity index (χ0v) is 25.8. The van der Waals surface area contributed by atoms with Gasteiger partial charge in [-0.1, -0.05) is 6.92 Å². The van der Waals surface area contributed by atoms with E-state index in [1.165, 1.54) is 6.92 Å². The number of ether oxygens (including phenoxy) is 4. The molecule has 2 saturated heterocycles. The fraction of sp³-hybridized carbons (Fsp3) is 0.889. The molecule has 0 aromatic carbocycles. The Balaban J connectivity index is 0.00000648. The number of aliphatic hydroxyl groups is 4. The van der Waals surface area contributed by atoms with E-state index in [0.29, 0.717) is 6.42 Å². The van der Waals surface area contributed by atoms with Gasteiger partial charge in [-0.3, -0.25) is 9.55 Å². The molecule has 5 N–H and O–H groups in total. The summed E-state index contributed by atoms with van der Waals surface area (Å²) in [5, 5.41) is 64.0. The van der Waals surface area contributed by atoms with E-state index in [0.717, 1.165) is 6.92 Å². The number of rotatable bonds is 10. The van der Waals surface area contributed by atoms with Crippen LogP contribution in [0.3, 0.4) is 0 Å². The molecule has 0 bridgehead atoms. The molecule has 11 atom stereocenters. The second-order valence-corrected chi connectivity index (χ2v) is 9.07. The first-order valence-electron chi connectivity index (χ1n) is 10.5. The van der Waals surface area contributed by atoms with Crippen molar-refractivity contribution >= 4 is 22.3 Å². The molecule has 2 fully saturated rings. The van der Waals surface area contributed by atoms with Gasteiger partial charge in [-0.05, 0) is 26.2 Å². The van der Waals surface area contributed by atoms with Gasteiger partial charge in [0.2, 0.25) is 0 Å². The van der Waals surface area contributed by atoms with E-state index in [4.69, 9.17) is 23.5 Å². The first-order valence-corrected chi connectivity index (χ1v) is 11.9. The topological polar surface area (TPSA) is 257 Å². The van der Waals surface area contributed by atoms with Gasteiger partial charge in [0.15, 0.2) is 18.7 Å². The molecule has 2 heterocycles. The summed E-state index contributed by atoms with van der Waals surface area (Å²) in [6.45, 7) is 3.38. The van der Waals surface area contributed by atoms with Gasteiger partial charge in [0.05, 0.1) is 18.7 Å². The van der Waals surface area contributed by atoms with Gasteiger partial charge < -0.3 is 54.4 Å². The Hall–Kier alpha value is 0.490. The van der Waals surface area contributed by atoms with Gasteiger partial charge in [0, 0.05) is 0 Å². The van der Waals surface area contributed by atoms with Crippen LogP contribution in [-0.2, 0) is 38.3 Å². The fourth-order valence-corrected chi connectivity index (χ4v) is 4.01. The maximum Gasteiger partial charge on any atom is 1.00 e. The Kier molecular flexibility index (Phi) is 16.3. The van der Waals surface area contributed by atoms with Crippen molar-refractivity contribution < 1.29 is 131 Å². The van der Waals surface area contributed by atoms with Crippen LogP contribution in [0.5, 0.6) is 0 Å². The van der Waals surface area contributed by atoms with Crippen LogP contribution >= 0.6 is 0 Å². The van der Waals surface area contributed by atoms with Crippen molar-refractivity contribution in [2.75, 3.05) is 6.61 Å². The molecule has 37 heavy (non-hydrogen) atoms. The zero-order valence-electron chi connectivity index (χ0n) is 20.9. The van der Waals surface area contributed by atoms with Crippen molar-refractivity contribution in [3.05, 3.63) is 0 Å². The van der Waals surface area contributed by atoms with Crippen LogP contribution in [0.15, 0.2) is 4.99 Å². The first kappa shape index (κ1) is 37.5. The number of carbonyl (C=O) groups excluding carboxylic acids is 1. The summed E-state index contributed by atoms with van der Waals surface area (Å²) in [6.07, 6.45) is -17.4. The molecule has 2 aliphatic heterocycles. The maximum atomic E-state index is 11.8. The SMILES string of the molecule is CC[C@@H](C)O[C@@H]1O[C@H](C(=O)[O-])[C@@H](O[C@H]2O[C@H](CO)[C@@H](O)[C@H](O)[C@H]2N=C(C)[O-])[C@H](O)[C@H]1OS(=O)(=O)O.[Na+].[Na+]. The van der Waals surface area contributed by atoms with Gasteiger partial charge in [-0.2, -0.15) is 8.42 Å². The summed E-state index contributed by atoms with van der Waals surface area (Å²) >= 11 is 0. The van der Waals surface area contributed by atoms with Crippen molar-refractivity contribution in [2.45, 2.75) is 94.6 Å². The van der Waals surface area contributed by atoms with Gasteiger partial charge in [-0.15, -0.1) is 0 Å². The van der Waals surface area contributed by atoms with Crippen molar-refractivity contribution in [1.29, 1.82) is 0 Å². The van der Waals surface area contributed by atoms with Crippen molar-refractivity contribution in [2.24, 2.45) is 4.99 Å². The molecule has 0 saturated carbocycles. The molecule has 19 heteroatoms. The van der Waals surface area contributed by atoms with E-state index in [1.807, 2.05) is 0 Å². The Morgan fingerprint density at radius 2 is 1.65 bits per heavy atom. The molecule has 0 aromatic rings. The molecule has 0 aromatic heterocycles. The average Bonchev–Trinajstić information content (AvgIpc) is 2.75. The van der Waals surface area contributed by atoms with Crippen LogP contribution < -0.4 is 69.3 Å². The molecule has 204 valence electrons. The standard InChI is InChI=1S/C18H31NO15S.2Na/c1-4-6(2)30-18-14(34-35(27,28)29)12(24)13(15(33-18)16(25)26)32-17-9(19-7(3)21)11(23)10(22)8(5-20)31-17;;/h6,8-15,17-18,20,22-24H,4-5H2,1-3H3,(H,19,21)(H,25,26)(H,27,28,29);;/q;2*+1/p-2/t6-,8-,9-,10-,11-,12+,13+,14-,15+,17-,18-;;/m1../s1. The predicted octanol–water partition coefficient (Wildman–Crippen LogP) is -11.2. The van der Waals surface area contributed by atoms with Crippen LogP contribution in [-0.4, -0.2) is 119 Å². The summed E-state index contributed by atoms with van der Waals surface area (Å²) in [7, 11) is -5.22. The number of carboxylic acid groups (broad SMARTS) is 1. The predicted molar refractivity (Wildman–Crippen MR) is 106 cm³/mol. The quantitative estimate of drug-likeness (QED) is 0.0699. The van der Waals surface area contributed by atoms with Crippen LogP contribution in [0.2, 0.25) is 0 Å². The first-order chi connectivity index (χ1) is 16.2. The van der Waals surface area contributed by atoms with Crippen molar-refractivity contribution in [1.82, 2.24) is 0 Å². The number of carboxylic acids is 1. The average molecular weight is 577 g/mol. The Morgan fingerprint density at radius 1 is 1.05 bits per heavy atom. The number of carbonyl (C=O) groups is 1. The molecule has 2 aliphatic rings. The summed E-state index contributed by atoms with van der Waals surface area (Å²) in [5.74, 6) is -2.78. The Labute approximate surface area is 257 Å². The van der Waals surface area contributed by atoms with E-state index in [-0.39, 0.29) is 59.1 Å². The number of nitrogens with zero attached hydrogens (tertiary/aromatic N) is 1. The molecular weight excluding hydrogens is 548 g/mol. The maximum absolute atomic E-state index is 11.8. The van der Waals surface area contributed by atoms with Gasteiger partial charge in [-0.25, -0.2) is 4.18 Å². The van der Waals surface area contributed by atoms with E-state index >= 15 is 0 Å². The fourth-order valence-electron chi connectivity index (χ4n) is 3.53. The minimum Gasteiger partial charge on any atom is -0.862 e. The Bertz CT molecular complexity index is 860. The third-order valence-corrected chi connectivity index (χ3v) is 5.86. The second-order valence-electron chi connectivity index (χ2n) is 8.02. The third-order valence-electron chi connectivity index (χ3n) is 5.40. The molecular formula is C18H29NNa2O15S. The molecule has 16 nitrogen and oxygen atoms in total. The van der Waals surface area contributed by atoms with Crippen LogP contribution in [0, 0.1) is 0 Å². The molecule has 0 radical (unpaired) electrons. The molecule has 0 amide bonds. The van der Waals surface area contributed by atoms with Gasteiger partial charge >= 0.3 is 69.5 Å². The van der Waals surface area contributed by atoms with Crippen molar-refractivity contribution in [3.8, 4) is 0 Å². The number of hydrogen-bond donors (Lipinski definition) is 5. The van der Waals surface area contributed by atoms with Crippen LogP contribution in [0.1, 0.15) is 27.2 Å². The Morgan fingerprint density at radius 3 is 2.11 bits per heavy atom. The summed E-state index contributed by atoms with van der Waals surface area (Å²) < 4.78 is 57.7. The summed E-state index contributed by atoms with van der Waals surface area (Å²) in [6, 6.07) is -1.66. The number of aliphatic imine (C=N–C) groups is 1. The van der Waals surface area contributed by atoms with Crippen LogP contribution in [0.4, 0.5) is 0 Å². The molecule has 0 spiro atoms. The van der Waals surface area contributed by atoms with Gasteiger partial charge in [0.25, 0.3) is 0 Å².